The first-order valence-electron chi connectivity index (χ1n) is 6.83. The highest BCUT2D eigenvalue weighted by atomic mass is 35.5. The molecule has 0 aromatic heterocycles. The quantitative estimate of drug-likeness (QED) is 0.567. The van der Waals surface area contributed by atoms with Crippen molar-refractivity contribution in [3.63, 3.8) is 0 Å². The molecule has 0 amide bonds. The molecule has 1 aliphatic rings. The molecule has 0 radical (unpaired) electrons. The Kier molecular flexibility index (Phi) is 7.63. The molecule has 1 rings (SSSR count). The van der Waals surface area contributed by atoms with E-state index in [9.17, 15) is 4.79 Å². The van der Waals surface area contributed by atoms with Crippen molar-refractivity contribution in [3.05, 3.63) is 0 Å². The molecule has 0 aliphatic carbocycles. The highest BCUT2D eigenvalue weighted by Crippen LogP contribution is 2.15. The van der Waals surface area contributed by atoms with Crippen LogP contribution in [0.4, 0.5) is 0 Å². The number of alkyl halides is 1. The fraction of sp³-hybridized carbons (Fsp3) is 0.923. The minimum absolute atomic E-state index is 0.148. The van der Waals surface area contributed by atoms with Crippen LogP contribution in [-0.2, 0) is 9.53 Å². The van der Waals surface area contributed by atoms with Crippen LogP contribution in [0.5, 0.6) is 0 Å². The Bertz CT molecular complexity index is 251. The van der Waals surface area contributed by atoms with E-state index in [1.807, 2.05) is 0 Å². The van der Waals surface area contributed by atoms with E-state index in [2.05, 4.69) is 17.1 Å². The van der Waals surface area contributed by atoms with Crippen molar-refractivity contribution in [2.45, 2.75) is 44.0 Å². The Morgan fingerprint density at radius 2 is 2.39 bits per heavy atom. The Hall–Kier alpha value is -0.320. The van der Waals surface area contributed by atoms with E-state index in [1.165, 1.54) is 7.11 Å². The van der Waals surface area contributed by atoms with E-state index in [4.69, 9.17) is 16.3 Å². The minimum Gasteiger partial charge on any atom is -0.468 e. The van der Waals surface area contributed by atoms with Crippen LogP contribution in [0.2, 0.25) is 0 Å². The van der Waals surface area contributed by atoms with Crippen LogP contribution in [0.3, 0.4) is 0 Å². The Balaban J connectivity index is 2.32. The molecule has 106 valence electrons. The SMILES string of the molecule is CCC(Cl)CCCC1CNCCN1CC(=O)OC. The molecule has 1 aliphatic heterocycles. The smallest absolute Gasteiger partial charge is 0.319 e. The molecule has 4 nitrogen and oxygen atoms in total. The van der Waals surface area contributed by atoms with Gasteiger partial charge in [0.25, 0.3) is 0 Å². The van der Waals surface area contributed by atoms with Crippen molar-refractivity contribution < 1.29 is 9.53 Å². The topological polar surface area (TPSA) is 41.6 Å². The van der Waals surface area contributed by atoms with E-state index in [0.717, 1.165) is 45.3 Å². The van der Waals surface area contributed by atoms with Crippen LogP contribution in [-0.4, -0.2) is 55.6 Å². The summed E-state index contributed by atoms with van der Waals surface area (Å²) >= 11 is 6.12. The van der Waals surface area contributed by atoms with Crippen molar-refractivity contribution >= 4 is 17.6 Å². The summed E-state index contributed by atoms with van der Waals surface area (Å²) in [4.78, 5) is 13.6. The van der Waals surface area contributed by atoms with Gasteiger partial charge >= 0.3 is 5.97 Å². The number of piperazine rings is 1. The molecule has 0 aromatic carbocycles. The van der Waals surface area contributed by atoms with Gasteiger partial charge in [0.1, 0.15) is 0 Å². The van der Waals surface area contributed by atoms with Crippen molar-refractivity contribution in [1.82, 2.24) is 10.2 Å². The second-order valence-electron chi connectivity index (χ2n) is 4.84. The van der Waals surface area contributed by atoms with Gasteiger partial charge in [-0.3, -0.25) is 9.69 Å². The summed E-state index contributed by atoms with van der Waals surface area (Å²) in [6, 6.07) is 0.429. The highest BCUT2D eigenvalue weighted by Gasteiger charge is 2.24. The zero-order chi connectivity index (χ0) is 13.4. The number of ether oxygens (including phenoxy) is 1. The number of methoxy groups -OCH3 is 1. The second kappa shape index (κ2) is 8.73. The summed E-state index contributed by atoms with van der Waals surface area (Å²) in [5.74, 6) is -0.148. The molecular weight excluding hydrogens is 252 g/mol. The lowest BCUT2D eigenvalue weighted by molar-refractivity contribution is -0.142. The van der Waals surface area contributed by atoms with Gasteiger partial charge in [0.2, 0.25) is 0 Å². The molecule has 1 heterocycles. The van der Waals surface area contributed by atoms with Crippen LogP contribution in [0, 0.1) is 0 Å². The maximum absolute atomic E-state index is 11.3. The van der Waals surface area contributed by atoms with Crippen LogP contribution in [0.25, 0.3) is 0 Å². The zero-order valence-electron chi connectivity index (χ0n) is 11.5. The number of carbonyl (C=O) groups excluding carboxylic acids is 1. The third-order valence-electron chi connectivity index (χ3n) is 3.53. The third kappa shape index (κ3) is 5.55. The molecule has 0 spiro atoms. The summed E-state index contributed by atoms with van der Waals surface area (Å²) in [6.45, 7) is 5.33. The van der Waals surface area contributed by atoms with Gasteiger partial charge in [0, 0.05) is 31.1 Å². The number of hydrogen-bond donors (Lipinski definition) is 1. The molecule has 18 heavy (non-hydrogen) atoms. The highest BCUT2D eigenvalue weighted by molar-refractivity contribution is 6.20. The number of hydrogen-bond acceptors (Lipinski definition) is 4. The number of carbonyl (C=O) groups is 1. The van der Waals surface area contributed by atoms with Crippen molar-refractivity contribution in [1.29, 1.82) is 0 Å². The largest absolute Gasteiger partial charge is 0.468 e. The van der Waals surface area contributed by atoms with E-state index < -0.39 is 0 Å². The third-order valence-corrected chi connectivity index (χ3v) is 4.06. The summed E-state index contributed by atoms with van der Waals surface area (Å²) in [7, 11) is 1.44. The molecule has 0 aromatic rings. The lowest BCUT2D eigenvalue weighted by atomic mass is 10.0. The number of nitrogens with zero attached hydrogens (tertiary/aromatic N) is 1. The number of rotatable bonds is 7. The Morgan fingerprint density at radius 1 is 1.61 bits per heavy atom. The van der Waals surface area contributed by atoms with E-state index in [-0.39, 0.29) is 11.3 Å². The van der Waals surface area contributed by atoms with Crippen molar-refractivity contribution in [2.75, 3.05) is 33.3 Å². The summed E-state index contributed by atoms with van der Waals surface area (Å²) in [6.07, 6.45) is 4.29. The van der Waals surface area contributed by atoms with Gasteiger partial charge in [-0.1, -0.05) is 13.3 Å². The molecule has 0 saturated carbocycles. The second-order valence-corrected chi connectivity index (χ2v) is 5.46. The van der Waals surface area contributed by atoms with Gasteiger partial charge in [-0.25, -0.2) is 0 Å². The summed E-state index contributed by atoms with van der Waals surface area (Å²) in [5, 5.41) is 3.67. The van der Waals surface area contributed by atoms with Crippen LogP contribution < -0.4 is 5.32 Å². The average Bonchev–Trinajstić information content (AvgIpc) is 2.40. The van der Waals surface area contributed by atoms with Gasteiger partial charge in [-0.05, 0) is 19.3 Å². The predicted octanol–water partition coefficient (Wildman–Crippen LogP) is 1.62. The molecule has 2 atom stereocenters. The first kappa shape index (κ1) is 15.7. The fourth-order valence-electron chi connectivity index (χ4n) is 2.31. The lowest BCUT2D eigenvalue weighted by Gasteiger charge is -2.35. The molecule has 0 bridgehead atoms. The molecule has 1 N–H and O–H groups in total. The number of esters is 1. The van der Waals surface area contributed by atoms with Gasteiger partial charge in [0.15, 0.2) is 0 Å². The number of nitrogens with one attached hydrogen (secondary N) is 1. The fourth-order valence-corrected chi connectivity index (χ4v) is 2.46. The van der Waals surface area contributed by atoms with Crippen LogP contribution in [0.15, 0.2) is 0 Å². The molecule has 1 fully saturated rings. The van der Waals surface area contributed by atoms with Crippen LogP contribution >= 0.6 is 11.6 Å². The summed E-state index contributed by atoms with van der Waals surface area (Å²) < 4.78 is 4.74. The van der Waals surface area contributed by atoms with Gasteiger partial charge < -0.3 is 10.1 Å². The van der Waals surface area contributed by atoms with E-state index in [0.29, 0.717) is 12.6 Å². The first-order valence-corrected chi connectivity index (χ1v) is 7.26. The van der Waals surface area contributed by atoms with Gasteiger partial charge in [-0.2, -0.15) is 0 Å². The maximum Gasteiger partial charge on any atom is 0.319 e. The predicted molar refractivity (Wildman–Crippen MR) is 74.0 cm³/mol. The maximum atomic E-state index is 11.3. The first-order chi connectivity index (χ1) is 8.67. The standard InChI is InChI=1S/C13H25ClN2O2/c1-3-11(14)5-4-6-12-9-15-7-8-16(12)10-13(17)18-2/h11-12,15H,3-10H2,1-2H3. The van der Waals surface area contributed by atoms with Crippen molar-refractivity contribution in [2.24, 2.45) is 0 Å². The normalized spacial score (nSPS) is 22.7. The molecule has 5 heteroatoms. The van der Waals surface area contributed by atoms with Crippen LogP contribution in [0.1, 0.15) is 32.6 Å². The zero-order valence-corrected chi connectivity index (χ0v) is 12.2. The Morgan fingerprint density at radius 3 is 3.06 bits per heavy atom. The van der Waals surface area contributed by atoms with Gasteiger partial charge in [0.05, 0.1) is 13.7 Å². The lowest BCUT2D eigenvalue weighted by Crippen LogP contribution is -2.52. The van der Waals surface area contributed by atoms with E-state index in [1.54, 1.807) is 0 Å². The van der Waals surface area contributed by atoms with Crippen molar-refractivity contribution in [3.8, 4) is 0 Å². The van der Waals surface area contributed by atoms with E-state index >= 15 is 0 Å². The Labute approximate surface area is 115 Å². The average molecular weight is 277 g/mol. The molecule has 1 saturated heterocycles. The molecular formula is C13H25ClN2O2. The monoisotopic (exact) mass is 276 g/mol. The van der Waals surface area contributed by atoms with Gasteiger partial charge in [-0.15, -0.1) is 11.6 Å². The summed E-state index contributed by atoms with van der Waals surface area (Å²) in [5.41, 5.74) is 0. The number of halogens is 1. The minimum atomic E-state index is -0.148. The molecule has 2 unspecified atom stereocenters.